The molecule has 210 valence electrons. The van der Waals surface area contributed by atoms with Crippen molar-refractivity contribution >= 4 is 17.6 Å². The number of amides is 1. The van der Waals surface area contributed by atoms with Gasteiger partial charge in [0, 0.05) is 17.9 Å². The number of carbonyl (C=O) groups excluding carboxylic acids is 2. The monoisotopic (exact) mass is 540 g/mol. The van der Waals surface area contributed by atoms with Crippen molar-refractivity contribution in [2.45, 2.75) is 71.3 Å². The fourth-order valence-corrected chi connectivity index (χ4v) is 4.82. The molecule has 0 aliphatic rings. The molecule has 0 fully saturated rings. The van der Waals surface area contributed by atoms with Crippen LogP contribution in [0, 0.1) is 12.7 Å². The van der Waals surface area contributed by atoms with Gasteiger partial charge in [-0.15, -0.1) is 0 Å². The molecule has 4 N–H and O–H groups in total. The number of ether oxygens (including phenoxy) is 1. The highest BCUT2D eigenvalue weighted by molar-refractivity contribution is 6.07. The van der Waals surface area contributed by atoms with Crippen molar-refractivity contribution in [3.05, 3.63) is 76.7 Å². The molecular weight excluding hydrogens is 503 g/mol. The molecule has 3 aromatic rings. The molecule has 8 nitrogen and oxygen atoms in total. The molecule has 0 aliphatic carbocycles. The quantitative estimate of drug-likeness (QED) is 0.251. The lowest BCUT2D eigenvalue weighted by Crippen LogP contribution is -2.23. The standard InChI is InChI=1S/C30H37FN2O6/c1-18(2)28-27(30(38)32-23-11-5-20(17-34)6-12-23)19(3)29(21-7-9-22(31)10-8-21)33(28)14-13-24(35)15-25(36)16-26(37)39-4/h5-12,18,24-25,34-36H,13-17H2,1-4H3,(H,32,38). The third-order valence-corrected chi connectivity index (χ3v) is 6.69. The third-order valence-electron chi connectivity index (χ3n) is 6.69. The van der Waals surface area contributed by atoms with Gasteiger partial charge >= 0.3 is 5.97 Å². The van der Waals surface area contributed by atoms with E-state index in [0.29, 0.717) is 17.8 Å². The molecule has 1 amide bonds. The van der Waals surface area contributed by atoms with Crippen LogP contribution in [0.2, 0.25) is 0 Å². The maximum atomic E-state index is 13.8. The van der Waals surface area contributed by atoms with Gasteiger partial charge in [0.05, 0.1) is 43.6 Å². The number of aliphatic hydroxyl groups excluding tert-OH is 3. The van der Waals surface area contributed by atoms with E-state index in [4.69, 9.17) is 0 Å². The fraction of sp³-hybridized carbons (Fsp3) is 0.400. The first-order valence-electron chi connectivity index (χ1n) is 13.0. The van der Waals surface area contributed by atoms with E-state index in [9.17, 15) is 29.3 Å². The average molecular weight is 541 g/mol. The number of nitrogens with one attached hydrogen (secondary N) is 1. The number of rotatable bonds is 12. The van der Waals surface area contributed by atoms with Crippen LogP contribution in [0.4, 0.5) is 10.1 Å². The maximum absolute atomic E-state index is 13.8. The summed E-state index contributed by atoms with van der Waals surface area (Å²) >= 11 is 0. The zero-order chi connectivity index (χ0) is 28.7. The van der Waals surface area contributed by atoms with E-state index in [2.05, 4.69) is 10.1 Å². The van der Waals surface area contributed by atoms with E-state index in [-0.39, 0.29) is 43.5 Å². The number of methoxy groups -OCH3 is 1. The summed E-state index contributed by atoms with van der Waals surface area (Å²) < 4.78 is 20.3. The number of hydrogen-bond acceptors (Lipinski definition) is 6. The molecular formula is C30H37FN2O6. The lowest BCUT2D eigenvalue weighted by Gasteiger charge is -2.20. The van der Waals surface area contributed by atoms with Gasteiger partial charge in [0.25, 0.3) is 5.91 Å². The van der Waals surface area contributed by atoms with Crippen molar-refractivity contribution in [2.75, 3.05) is 12.4 Å². The molecule has 0 bridgehead atoms. The Bertz CT molecular complexity index is 1270. The van der Waals surface area contributed by atoms with Crippen molar-refractivity contribution in [2.24, 2.45) is 0 Å². The molecule has 9 heteroatoms. The highest BCUT2D eigenvalue weighted by Gasteiger charge is 2.28. The number of esters is 1. The van der Waals surface area contributed by atoms with Gasteiger partial charge in [0.1, 0.15) is 5.82 Å². The normalized spacial score (nSPS) is 12.8. The maximum Gasteiger partial charge on any atom is 0.308 e. The van der Waals surface area contributed by atoms with Crippen LogP contribution in [0.15, 0.2) is 48.5 Å². The largest absolute Gasteiger partial charge is 0.469 e. The summed E-state index contributed by atoms with van der Waals surface area (Å²) in [6.45, 7) is 6.03. The van der Waals surface area contributed by atoms with Gasteiger partial charge in [-0.1, -0.05) is 26.0 Å². The molecule has 0 saturated heterocycles. The molecule has 3 rings (SSSR count). The van der Waals surface area contributed by atoms with E-state index < -0.39 is 18.2 Å². The number of halogens is 1. The predicted octanol–water partition coefficient (Wildman–Crippen LogP) is 4.54. The zero-order valence-electron chi connectivity index (χ0n) is 22.8. The Morgan fingerprint density at radius 3 is 2.23 bits per heavy atom. The average Bonchev–Trinajstić information content (AvgIpc) is 3.20. The summed E-state index contributed by atoms with van der Waals surface area (Å²) in [6.07, 6.45) is -1.91. The van der Waals surface area contributed by atoms with Crippen LogP contribution in [-0.4, -0.2) is 51.1 Å². The van der Waals surface area contributed by atoms with E-state index in [1.807, 2.05) is 25.3 Å². The molecule has 2 atom stereocenters. The first-order valence-corrected chi connectivity index (χ1v) is 13.0. The molecule has 0 aliphatic heterocycles. The van der Waals surface area contributed by atoms with Gasteiger partial charge in [0.15, 0.2) is 0 Å². The number of anilines is 1. The Morgan fingerprint density at radius 1 is 1.03 bits per heavy atom. The van der Waals surface area contributed by atoms with Crippen LogP contribution in [0.1, 0.15) is 66.2 Å². The van der Waals surface area contributed by atoms with Gasteiger partial charge in [-0.2, -0.15) is 0 Å². The molecule has 1 aromatic heterocycles. The first-order chi connectivity index (χ1) is 18.5. The first kappa shape index (κ1) is 30.0. The summed E-state index contributed by atoms with van der Waals surface area (Å²) in [4.78, 5) is 25.1. The highest BCUT2D eigenvalue weighted by atomic mass is 19.1. The summed E-state index contributed by atoms with van der Waals surface area (Å²) in [5.74, 6) is -1.31. The lowest BCUT2D eigenvalue weighted by molar-refractivity contribution is -0.143. The number of aromatic nitrogens is 1. The van der Waals surface area contributed by atoms with Crippen LogP contribution in [-0.2, 0) is 22.7 Å². The van der Waals surface area contributed by atoms with Gasteiger partial charge in [-0.05, 0) is 78.8 Å². The molecule has 2 aromatic carbocycles. The van der Waals surface area contributed by atoms with E-state index >= 15 is 0 Å². The molecule has 2 unspecified atom stereocenters. The summed E-state index contributed by atoms with van der Waals surface area (Å²) in [6, 6.07) is 13.0. The van der Waals surface area contributed by atoms with Gasteiger partial charge in [0.2, 0.25) is 0 Å². The smallest absolute Gasteiger partial charge is 0.308 e. The topological polar surface area (TPSA) is 121 Å². The SMILES string of the molecule is COC(=O)CC(O)CC(O)CCn1c(-c2ccc(F)cc2)c(C)c(C(=O)Nc2ccc(CO)cc2)c1C(C)C. The molecule has 1 heterocycles. The Labute approximate surface area is 228 Å². The van der Waals surface area contributed by atoms with Crippen LogP contribution in [0.5, 0.6) is 0 Å². The second-order valence-corrected chi connectivity index (χ2v) is 9.97. The Kier molecular flexibility index (Phi) is 10.4. The molecule has 0 spiro atoms. The Morgan fingerprint density at radius 2 is 1.67 bits per heavy atom. The van der Waals surface area contributed by atoms with Crippen LogP contribution < -0.4 is 5.32 Å². The second-order valence-electron chi connectivity index (χ2n) is 9.97. The van der Waals surface area contributed by atoms with Gasteiger partial charge < -0.3 is 29.9 Å². The second kappa shape index (κ2) is 13.5. The van der Waals surface area contributed by atoms with E-state index in [0.717, 1.165) is 28.1 Å². The number of benzene rings is 2. The Hall–Kier alpha value is -3.53. The van der Waals surface area contributed by atoms with E-state index in [1.54, 1.807) is 36.4 Å². The van der Waals surface area contributed by atoms with Crippen molar-refractivity contribution in [3.63, 3.8) is 0 Å². The predicted molar refractivity (Wildman–Crippen MR) is 147 cm³/mol. The highest BCUT2D eigenvalue weighted by Crippen LogP contribution is 2.36. The van der Waals surface area contributed by atoms with Crippen molar-refractivity contribution < 1.29 is 34.0 Å². The third kappa shape index (κ3) is 7.53. The number of aliphatic hydroxyl groups is 3. The lowest BCUT2D eigenvalue weighted by atomic mass is 10.0. The zero-order valence-corrected chi connectivity index (χ0v) is 22.8. The van der Waals surface area contributed by atoms with E-state index in [1.165, 1.54) is 19.2 Å². The van der Waals surface area contributed by atoms with Gasteiger partial charge in [-0.3, -0.25) is 9.59 Å². The molecule has 0 saturated carbocycles. The number of carbonyl (C=O) groups is 2. The Balaban J connectivity index is 1.98. The molecule has 39 heavy (non-hydrogen) atoms. The fourth-order valence-electron chi connectivity index (χ4n) is 4.82. The van der Waals surface area contributed by atoms with Crippen LogP contribution in [0.25, 0.3) is 11.3 Å². The van der Waals surface area contributed by atoms with Crippen molar-refractivity contribution in [3.8, 4) is 11.3 Å². The minimum Gasteiger partial charge on any atom is -0.469 e. The van der Waals surface area contributed by atoms with Gasteiger partial charge in [-0.25, -0.2) is 4.39 Å². The molecule has 0 radical (unpaired) electrons. The van der Waals surface area contributed by atoms with Crippen molar-refractivity contribution in [1.29, 1.82) is 0 Å². The van der Waals surface area contributed by atoms with Crippen LogP contribution >= 0.6 is 0 Å². The summed E-state index contributed by atoms with van der Waals surface area (Å²) in [7, 11) is 1.24. The van der Waals surface area contributed by atoms with Crippen molar-refractivity contribution in [1.82, 2.24) is 4.57 Å². The number of hydrogen-bond donors (Lipinski definition) is 4. The minimum absolute atomic E-state index is 0.00454. The summed E-state index contributed by atoms with van der Waals surface area (Å²) in [5, 5.41) is 33.0. The minimum atomic E-state index is -1.04. The van der Waals surface area contributed by atoms with Crippen LogP contribution in [0.3, 0.4) is 0 Å². The summed E-state index contributed by atoms with van der Waals surface area (Å²) in [5.41, 5.74) is 4.75. The number of nitrogens with zero attached hydrogens (tertiary/aromatic N) is 1.